The molecule has 1 atom stereocenters. The van der Waals surface area contributed by atoms with Gasteiger partial charge in [0, 0.05) is 24.8 Å². The molecule has 0 aliphatic carbocycles. The maximum absolute atomic E-state index is 12.4. The molecule has 0 bridgehead atoms. The highest BCUT2D eigenvalue weighted by Crippen LogP contribution is 2.27. The standard InChI is InChI=1S/C11H15F3N2O/c1-8(15-2)5-6-16-7-9(11(12,13)14)3-4-10(16)17/h3-4,7-8,15H,5-6H2,1-2H3. The Hall–Kier alpha value is -1.30. The van der Waals surface area contributed by atoms with Gasteiger partial charge in [-0.25, -0.2) is 0 Å². The second kappa shape index (κ2) is 5.35. The van der Waals surface area contributed by atoms with E-state index in [-0.39, 0.29) is 12.6 Å². The molecule has 1 unspecified atom stereocenters. The molecule has 3 nitrogen and oxygen atoms in total. The molecular formula is C11H15F3N2O. The predicted octanol–water partition coefficient (Wildman–Crippen LogP) is 1.87. The van der Waals surface area contributed by atoms with E-state index in [2.05, 4.69) is 5.32 Å². The van der Waals surface area contributed by atoms with E-state index >= 15 is 0 Å². The fourth-order valence-electron chi connectivity index (χ4n) is 1.35. The Balaban J connectivity index is 2.88. The minimum Gasteiger partial charge on any atom is -0.317 e. The molecule has 1 heterocycles. The van der Waals surface area contributed by atoms with Crippen molar-refractivity contribution in [2.24, 2.45) is 0 Å². The van der Waals surface area contributed by atoms with Gasteiger partial charge in [0.1, 0.15) is 0 Å². The predicted molar refractivity (Wildman–Crippen MR) is 58.8 cm³/mol. The number of nitrogens with one attached hydrogen (secondary N) is 1. The van der Waals surface area contributed by atoms with Crippen LogP contribution in [0.2, 0.25) is 0 Å². The van der Waals surface area contributed by atoms with Crippen LogP contribution in [0.15, 0.2) is 23.1 Å². The van der Waals surface area contributed by atoms with E-state index in [0.717, 1.165) is 22.9 Å². The number of hydrogen-bond acceptors (Lipinski definition) is 2. The molecule has 1 rings (SSSR count). The number of hydrogen-bond donors (Lipinski definition) is 1. The molecule has 0 spiro atoms. The van der Waals surface area contributed by atoms with Gasteiger partial charge in [0.15, 0.2) is 0 Å². The first-order valence-corrected chi connectivity index (χ1v) is 5.29. The van der Waals surface area contributed by atoms with Crippen molar-refractivity contribution in [2.75, 3.05) is 7.05 Å². The Morgan fingerprint density at radius 1 is 1.41 bits per heavy atom. The van der Waals surface area contributed by atoms with Crippen LogP contribution < -0.4 is 10.9 Å². The molecule has 0 aliphatic heterocycles. The first-order valence-electron chi connectivity index (χ1n) is 5.29. The Bertz CT molecular complexity index is 425. The molecule has 0 saturated heterocycles. The van der Waals surface area contributed by atoms with E-state index in [1.165, 1.54) is 0 Å². The molecule has 6 heteroatoms. The van der Waals surface area contributed by atoms with E-state index in [1.54, 1.807) is 7.05 Å². The Morgan fingerprint density at radius 2 is 2.06 bits per heavy atom. The molecule has 17 heavy (non-hydrogen) atoms. The SMILES string of the molecule is CNC(C)CCn1cc(C(F)(F)F)ccc1=O. The summed E-state index contributed by atoms with van der Waals surface area (Å²) in [6.07, 6.45) is -2.95. The summed E-state index contributed by atoms with van der Waals surface area (Å²) in [7, 11) is 1.76. The van der Waals surface area contributed by atoms with Crippen LogP contribution in [0.5, 0.6) is 0 Å². The van der Waals surface area contributed by atoms with Gasteiger partial charge in [-0.3, -0.25) is 4.79 Å². The topological polar surface area (TPSA) is 34.0 Å². The van der Waals surface area contributed by atoms with Crippen molar-refractivity contribution in [3.8, 4) is 0 Å². The Kier molecular flexibility index (Phi) is 4.34. The van der Waals surface area contributed by atoms with E-state index in [1.807, 2.05) is 6.92 Å². The number of nitrogens with zero attached hydrogens (tertiary/aromatic N) is 1. The summed E-state index contributed by atoms with van der Waals surface area (Å²) in [5, 5.41) is 2.96. The van der Waals surface area contributed by atoms with Crippen LogP contribution in [-0.4, -0.2) is 17.7 Å². The van der Waals surface area contributed by atoms with E-state index in [0.29, 0.717) is 6.42 Å². The minimum atomic E-state index is -4.41. The van der Waals surface area contributed by atoms with Gasteiger partial charge in [0.25, 0.3) is 5.56 Å². The van der Waals surface area contributed by atoms with Gasteiger partial charge in [-0.15, -0.1) is 0 Å². The lowest BCUT2D eigenvalue weighted by Crippen LogP contribution is -2.27. The molecule has 1 aromatic rings. The number of aromatic nitrogens is 1. The number of halogens is 3. The van der Waals surface area contributed by atoms with E-state index in [9.17, 15) is 18.0 Å². The fraction of sp³-hybridized carbons (Fsp3) is 0.545. The lowest BCUT2D eigenvalue weighted by Gasteiger charge is -2.13. The maximum Gasteiger partial charge on any atom is 0.417 e. The summed E-state index contributed by atoms with van der Waals surface area (Å²) in [6.45, 7) is 2.17. The second-order valence-corrected chi connectivity index (χ2v) is 3.93. The Labute approximate surface area is 97.3 Å². The third-order valence-electron chi connectivity index (χ3n) is 2.61. The van der Waals surface area contributed by atoms with Gasteiger partial charge in [0.2, 0.25) is 0 Å². The first-order chi connectivity index (χ1) is 7.84. The molecule has 1 N–H and O–H groups in total. The van der Waals surface area contributed by atoms with Crippen molar-refractivity contribution in [2.45, 2.75) is 32.1 Å². The van der Waals surface area contributed by atoms with Crippen LogP contribution in [0.4, 0.5) is 13.2 Å². The summed E-state index contributed by atoms with van der Waals surface area (Å²) in [5.74, 6) is 0. The third kappa shape index (κ3) is 3.89. The lowest BCUT2D eigenvalue weighted by molar-refractivity contribution is -0.138. The molecule has 0 aromatic carbocycles. The summed E-state index contributed by atoms with van der Waals surface area (Å²) in [4.78, 5) is 11.4. The minimum absolute atomic E-state index is 0.149. The van der Waals surface area contributed by atoms with Crippen molar-refractivity contribution >= 4 is 0 Å². The summed E-state index contributed by atoms with van der Waals surface area (Å²) >= 11 is 0. The molecule has 1 aromatic heterocycles. The highest BCUT2D eigenvalue weighted by atomic mass is 19.4. The van der Waals surface area contributed by atoms with Gasteiger partial charge >= 0.3 is 6.18 Å². The monoisotopic (exact) mass is 248 g/mol. The third-order valence-corrected chi connectivity index (χ3v) is 2.61. The van der Waals surface area contributed by atoms with Crippen molar-refractivity contribution < 1.29 is 13.2 Å². The molecular weight excluding hydrogens is 233 g/mol. The largest absolute Gasteiger partial charge is 0.417 e. The van der Waals surface area contributed by atoms with Crippen LogP contribution >= 0.6 is 0 Å². The molecule has 96 valence electrons. The summed E-state index contributed by atoms with van der Waals surface area (Å²) < 4.78 is 38.4. The van der Waals surface area contributed by atoms with Gasteiger partial charge in [-0.05, 0) is 26.5 Å². The van der Waals surface area contributed by atoms with Crippen LogP contribution in [0.25, 0.3) is 0 Å². The molecule has 0 saturated carbocycles. The summed E-state index contributed by atoms with van der Waals surface area (Å²) in [5.41, 5.74) is -1.21. The van der Waals surface area contributed by atoms with Crippen molar-refractivity contribution in [1.82, 2.24) is 9.88 Å². The number of pyridine rings is 1. The van der Waals surface area contributed by atoms with Crippen molar-refractivity contribution in [3.63, 3.8) is 0 Å². The summed E-state index contributed by atoms with van der Waals surface area (Å²) in [6, 6.07) is 1.91. The van der Waals surface area contributed by atoms with Gasteiger partial charge in [-0.2, -0.15) is 13.2 Å². The zero-order valence-electron chi connectivity index (χ0n) is 9.71. The van der Waals surface area contributed by atoms with Gasteiger partial charge < -0.3 is 9.88 Å². The molecule has 0 aliphatic rings. The quantitative estimate of drug-likeness (QED) is 0.882. The Morgan fingerprint density at radius 3 is 2.59 bits per heavy atom. The van der Waals surface area contributed by atoms with Crippen LogP contribution in [-0.2, 0) is 12.7 Å². The number of aryl methyl sites for hydroxylation is 1. The zero-order chi connectivity index (χ0) is 13.1. The van der Waals surface area contributed by atoms with E-state index in [4.69, 9.17) is 0 Å². The lowest BCUT2D eigenvalue weighted by atomic mass is 10.2. The average Bonchev–Trinajstić information content (AvgIpc) is 2.26. The zero-order valence-corrected chi connectivity index (χ0v) is 9.71. The second-order valence-electron chi connectivity index (χ2n) is 3.93. The van der Waals surface area contributed by atoms with E-state index < -0.39 is 17.3 Å². The fourth-order valence-corrected chi connectivity index (χ4v) is 1.35. The first kappa shape index (κ1) is 13.8. The van der Waals surface area contributed by atoms with Crippen molar-refractivity contribution in [3.05, 3.63) is 34.2 Å². The van der Waals surface area contributed by atoms with Gasteiger partial charge in [0.05, 0.1) is 5.56 Å². The smallest absolute Gasteiger partial charge is 0.317 e. The highest BCUT2D eigenvalue weighted by molar-refractivity contribution is 5.13. The van der Waals surface area contributed by atoms with Gasteiger partial charge in [-0.1, -0.05) is 0 Å². The number of rotatable bonds is 4. The molecule has 0 fully saturated rings. The average molecular weight is 248 g/mol. The van der Waals surface area contributed by atoms with Crippen LogP contribution in [0.3, 0.4) is 0 Å². The van der Waals surface area contributed by atoms with Crippen LogP contribution in [0.1, 0.15) is 18.9 Å². The van der Waals surface area contributed by atoms with Crippen LogP contribution in [0, 0.1) is 0 Å². The number of alkyl halides is 3. The van der Waals surface area contributed by atoms with Crippen molar-refractivity contribution in [1.29, 1.82) is 0 Å². The molecule has 0 radical (unpaired) electrons. The maximum atomic E-state index is 12.4. The molecule has 0 amide bonds. The highest BCUT2D eigenvalue weighted by Gasteiger charge is 2.30. The normalized spacial score (nSPS) is 13.7.